The summed E-state index contributed by atoms with van der Waals surface area (Å²) in [7, 11) is 0. The monoisotopic (exact) mass is 204 g/mol. The second-order valence-electron chi connectivity index (χ2n) is 4.17. The SMILES string of the molecule is Cc1ccc(NC(=O)NC2CC2)cc1C. The summed E-state index contributed by atoms with van der Waals surface area (Å²) in [6.07, 6.45) is 2.22. The molecule has 80 valence electrons. The van der Waals surface area contributed by atoms with Crippen LogP contribution in [0.25, 0.3) is 0 Å². The highest BCUT2D eigenvalue weighted by Gasteiger charge is 2.23. The topological polar surface area (TPSA) is 41.1 Å². The molecule has 2 rings (SSSR count). The van der Waals surface area contributed by atoms with Crippen molar-refractivity contribution in [1.29, 1.82) is 0 Å². The standard InChI is InChI=1S/C12H16N2O/c1-8-3-4-11(7-9(8)2)14-12(15)13-10-5-6-10/h3-4,7,10H,5-6H2,1-2H3,(H2,13,14,15). The molecule has 1 aliphatic carbocycles. The van der Waals surface area contributed by atoms with Crippen molar-refractivity contribution < 1.29 is 4.79 Å². The molecular weight excluding hydrogens is 188 g/mol. The second-order valence-corrected chi connectivity index (χ2v) is 4.17. The molecule has 2 N–H and O–H groups in total. The number of anilines is 1. The van der Waals surface area contributed by atoms with Gasteiger partial charge in [-0.3, -0.25) is 0 Å². The molecule has 0 spiro atoms. The van der Waals surface area contributed by atoms with Gasteiger partial charge >= 0.3 is 6.03 Å². The van der Waals surface area contributed by atoms with Crippen LogP contribution in [-0.2, 0) is 0 Å². The molecule has 1 aliphatic rings. The Kier molecular flexibility index (Phi) is 2.62. The Labute approximate surface area is 89.9 Å². The van der Waals surface area contributed by atoms with Gasteiger partial charge in [-0.15, -0.1) is 0 Å². The van der Waals surface area contributed by atoms with E-state index in [1.54, 1.807) is 0 Å². The number of urea groups is 1. The Balaban J connectivity index is 1.97. The lowest BCUT2D eigenvalue weighted by atomic mass is 10.1. The summed E-state index contributed by atoms with van der Waals surface area (Å²) in [6.45, 7) is 4.10. The van der Waals surface area contributed by atoms with Crippen LogP contribution in [0.1, 0.15) is 24.0 Å². The number of carbonyl (C=O) groups excluding carboxylic acids is 1. The molecule has 1 fully saturated rings. The fraction of sp³-hybridized carbons (Fsp3) is 0.417. The lowest BCUT2D eigenvalue weighted by molar-refractivity contribution is 0.251. The molecule has 0 aromatic heterocycles. The van der Waals surface area contributed by atoms with E-state index in [0.29, 0.717) is 6.04 Å². The number of benzene rings is 1. The van der Waals surface area contributed by atoms with Crippen molar-refractivity contribution in [3.05, 3.63) is 29.3 Å². The summed E-state index contributed by atoms with van der Waals surface area (Å²) >= 11 is 0. The molecule has 0 saturated heterocycles. The smallest absolute Gasteiger partial charge is 0.319 e. The Hall–Kier alpha value is -1.51. The minimum Gasteiger partial charge on any atom is -0.335 e. The maximum Gasteiger partial charge on any atom is 0.319 e. The third-order valence-corrected chi connectivity index (χ3v) is 2.68. The van der Waals surface area contributed by atoms with Crippen molar-refractivity contribution in [2.75, 3.05) is 5.32 Å². The minimum atomic E-state index is -0.0965. The Bertz CT molecular complexity index is 383. The van der Waals surface area contributed by atoms with Gasteiger partial charge in [0.15, 0.2) is 0 Å². The van der Waals surface area contributed by atoms with Crippen LogP contribution >= 0.6 is 0 Å². The van der Waals surface area contributed by atoms with Gasteiger partial charge in [-0.25, -0.2) is 4.79 Å². The summed E-state index contributed by atoms with van der Waals surface area (Å²) < 4.78 is 0. The average molecular weight is 204 g/mol. The molecule has 0 bridgehead atoms. The molecule has 1 aromatic rings. The molecule has 1 aromatic carbocycles. The highest BCUT2D eigenvalue weighted by molar-refractivity contribution is 5.89. The molecule has 0 atom stereocenters. The molecule has 1 saturated carbocycles. The summed E-state index contributed by atoms with van der Waals surface area (Å²) in [5.74, 6) is 0. The van der Waals surface area contributed by atoms with E-state index in [1.807, 2.05) is 25.1 Å². The molecule has 3 heteroatoms. The van der Waals surface area contributed by atoms with Gasteiger partial charge in [0.2, 0.25) is 0 Å². The first kappa shape index (κ1) is 10.0. The Morgan fingerprint density at radius 3 is 2.60 bits per heavy atom. The zero-order valence-electron chi connectivity index (χ0n) is 9.13. The first-order chi connectivity index (χ1) is 7.15. The number of carbonyl (C=O) groups is 1. The van der Waals surface area contributed by atoms with Gasteiger partial charge in [-0.1, -0.05) is 6.07 Å². The van der Waals surface area contributed by atoms with E-state index >= 15 is 0 Å². The largest absolute Gasteiger partial charge is 0.335 e. The normalized spacial score (nSPS) is 14.8. The van der Waals surface area contributed by atoms with Crippen LogP contribution in [0, 0.1) is 13.8 Å². The fourth-order valence-electron chi connectivity index (χ4n) is 1.40. The van der Waals surface area contributed by atoms with Crippen molar-refractivity contribution >= 4 is 11.7 Å². The van der Waals surface area contributed by atoms with Gasteiger partial charge in [0.25, 0.3) is 0 Å². The van der Waals surface area contributed by atoms with E-state index in [1.165, 1.54) is 11.1 Å². The zero-order chi connectivity index (χ0) is 10.8. The minimum absolute atomic E-state index is 0.0965. The zero-order valence-corrected chi connectivity index (χ0v) is 9.13. The van der Waals surface area contributed by atoms with Gasteiger partial charge in [0.1, 0.15) is 0 Å². The predicted molar refractivity (Wildman–Crippen MR) is 61.1 cm³/mol. The Morgan fingerprint density at radius 1 is 1.27 bits per heavy atom. The number of amides is 2. The highest BCUT2D eigenvalue weighted by Crippen LogP contribution is 2.19. The van der Waals surface area contributed by atoms with Crippen LogP contribution in [0.4, 0.5) is 10.5 Å². The van der Waals surface area contributed by atoms with E-state index < -0.39 is 0 Å². The summed E-state index contributed by atoms with van der Waals surface area (Å²) in [6, 6.07) is 6.23. The quantitative estimate of drug-likeness (QED) is 0.763. The first-order valence-corrected chi connectivity index (χ1v) is 5.30. The summed E-state index contributed by atoms with van der Waals surface area (Å²) in [4.78, 5) is 11.4. The van der Waals surface area contributed by atoms with Crippen LogP contribution in [0.2, 0.25) is 0 Å². The molecular formula is C12H16N2O. The van der Waals surface area contributed by atoms with Crippen LogP contribution in [-0.4, -0.2) is 12.1 Å². The van der Waals surface area contributed by atoms with Gasteiger partial charge in [0.05, 0.1) is 0 Å². The molecule has 15 heavy (non-hydrogen) atoms. The molecule has 3 nitrogen and oxygen atoms in total. The number of nitrogens with one attached hydrogen (secondary N) is 2. The molecule has 0 heterocycles. The Morgan fingerprint density at radius 2 is 2.00 bits per heavy atom. The molecule has 2 amide bonds. The van der Waals surface area contributed by atoms with Gasteiger partial charge in [-0.05, 0) is 49.9 Å². The van der Waals surface area contributed by atoms with E-state index in [2.05, 4.69) is 17.6 Å². The number of hydrogen-bond donors (Lipinski definition) is 2. The number of hydrogen-bond acceptors (Lipinski definition) is 1. The van der Waals surface area contributed by atoms with Crippen molar-refractivity contribution in [1.82, 2.24) is 5.32 Å². The van der Waals surface area contributed by atoms with Crippen LogP contribution in [0.5, 0.6) is 0 Å². The average Bonchev–Trinajstić information content (AvgIpc) is 2.95. The van der Waals surface area contributed by atoms with Gasteiger partial charge in [0, 0.05) is 11.7 Å². The molecule has 0 radical (unpaired) electrons. The van der Waals surface area contributed by atoms with Crippen molar-refractivity contribution in [2.24, 2.45) is 0 Å². The summed E-state index contributed by atoms with van der Waals surface area (Å²) in [5.41, 5.74) is 3.29. The second kappa shape index (κ2) is 3.93. The molecule has 0 unspecified atom stereocenters. The van der Waals surface area contributed by atoms with Gasteiger partial charge in [-0.2, -0.15) is 0 Å². The maximum absolute atomic E-state index is 11.4. The third kappa shape index (κ3) is 2.72. The first-order valence-electron chi connectivity index (χ1n) is 5.30. The van der Waals surface area contributed by atoms with E-state index in [-0.39, 0.29) is 6.03 Å². The van der Waals surface area contributed by atoms with Crippen molar-refractivity contribution in [3.8, 4) is 0 Å². The summed E-state index contributed by atoms with van der Waals surface area (Å²) in [5, 5.41) is 5.72. The third-order valence-electron chi connectivity index (χ3n) is 2.68. The van der Waals surface area contributed by atoms with E-state index in [9.17, 15) is 4.79 Å². The van der Waals surface area contributed by atoms with Crippen molar-refractivity contribution in [3.63, 3.8) is 0 Å². The number of aryl methyl sites for hydroxylation is 2. The van der Waals surface area contributed by atoms with Gasteiger partial charge < -0.3 is 10.6 Å². The lowest BCUT2D eigenvalue weighted by Gasteiger charge is -2.08. The van der Waals surface area contributed by atoms with Crippen molar-refractivity contribution in [2.45, 2.75) is 32.7 Å². The fourth-order valence-corrected chi connectivity index (χ4v) is 1.40. The van der Waals surface area contributed by atoms with Crippen LogP contribution in [0.3, 0.4) is 0 Å². The van der Waals surface area contributed by atoms with Crippen LogP contribution in [0.15, 0.2) is 18.2 Å². The number of rotatable bonds is 2. The maximum atomic E-state index is 11.4. The highest BCUT2D eigenvalue weighted by atomic mass is 16.2. The predicted octanol–water partition coefficient (Wildman–Crippen LogP) is 2.59. The molecule has 0 aliphatic heterocycles. The lowest BCUT2D eigenvalue weighted by Crippen LogP contribution is -2.30. The van der Waals surface area contributed by atoms with E-state index in [0.717, 1.165) is 18.5 Å². The van der Waals surface area contributed by atoms with E-state index in [4.69, 9.17) is 0 Å². The van der Waals surface area contributed by atoms with Crippen LogP contribution < -0.4 is 10.6 Å².